The van der Waals surface area contributed by atoms with E-state index in [9.17, 15) is 9.90 Å². The Bertz CT molecular complexity index is 963. The highest BCUT2D eigenvalue weighted by atomic mass is 16.6. The van der Waals surface area contributed by atoms with Crippen molar-refractivity contribution in [2.75, 3.05) is 0 Å². The third-order valence-corrected chi connectivity index (χ3v) is 5.11. The number of aromatic nitrogens is 3. The first-order valence-corrected chi connectivity index (χ1v) is 8.21. The fourth-order valence-electron chi connectivity index (χ4n) is 3.78. The van der Waals surface area contributed by atoms with Gasteiger partial charge in [-0.1, -0.05) is 19.9 Å². The van der Waals surface area contributed by atoms with Crippen LogP contribution < -0.4 is 16.2 Å². The quantitative estimate of drug-likeness (QED) is 0.784. The van der Waals surface area contributed by atoms with Gasteiger partial charge in [-0.05, 0) is 40.1 Å². The van der Waals surface area contributed by atoms with Crippen LogP contribution in [0.3, 0.4) is 0 Å². The van der Waals surface area contributed by atoms with Crippen LogP contribution in [-0.2, 0) is 11.3 Å². The van der Waals surface area contributed by atoms with E-state index < -0.39 is 17.6 Å². The summed E-state index contributed by atoms with van der Waals surface area (Å²) in [7, 11) is 0. The van der Waals surface area contributed by atoms with E-state index in [-0.39, 0.29) is 6.10 Å². The molecule has 1 aromatic carbocycles. The zero-order valence-corrected chi connectivity index (χ0v) is 14.1. The molecule has 3 N–H and O–H groups in total. The van der Waals surface area contributed by atoms with E-state index in [0.29, 0.717) is 18.5 Å². The fourth-order valence-corrected chi connectivity index (χ4v) is 3.78. The van der Waals surface area contributed by atoms with Crippen molar-refractivity contribution in [3.05, 3.63) is 46.4 Å². The molecule has 4 rings (SSSR count). The zero-order chi connectivity index (χ0) is 17.8. The molecule has 1 fully saturated rings. The summed E-state index contributed by atoms with van der Waals surface area (Å²) in [5.74, 6) is -0.472. The van der Waals surface area contributed by atoms with Crippen molar-refractivity contribution in [3.63, 3.8) is 0 Å². The third-order valence-electron chi connectivity index (χ3n) is 5.11. The van der Waals surface area contributed by atoms with E-state index in [1.54, 1.807) is 11.0 Å². The van der Waals surface area contributed by atoms with Gasteiger partial charge in [-0.15, -0.1) is 0 Å². The minimum Gasteiger partial charge on any atom is -0.367 e. The van der Waals surface area contributed by atoms with Crippen molar-refractivity contribution in [1.29, 1.82) is 0 Å². The Morgan fingerprint density at radius 3 is 2.96 bits per heavy atom. The van der Waals surface area contributed by atoms with Crippen LogP contribution in [0.2, 0.25) is 0 Å². The number of aliphatic hydroxyl groups is 1. The lowest BCUT2D eigenvalue weighted by Crippen LogP contribution is -2.39. The zero-order valence-electron chi connectivity index (χ0n) is 14.1. The maximum absolute atomic E-state index is 11.9. The summed E-state index contributed by atoms with van der Waals surface area (Å²) >= 11 is 0. The molecule has 1 saturated heterocycles. The first-order chi connectivity index (χ1) is 11.9. The third kappa shape index (κ3) is 2.47. The fraction of sp³-hybridized carbons (Fsp3) is 0.389. The number of benzene rings is 1. The number of fused-ring (bicyclic) bond motifs is 2. The number of hydrogen-bond donors (Lipinski definition) is 2. The second-order valence-corrected chi connectivity index (χ2v) is 7.11. The van der Waals surface area contributed by atoms with E-state index in [4.69, 9.17) is 10.5 Å². The van der Waals surface area contributed by atoms with Gasteiger partial charge in [0.2, 0.25) is 5.91 Å². The predicted molar refractivity (Wildman–Crippen MR) is 90.5 cm³/mol. The van der Waals surface area contributed by atoms with Crippen LogP contribution in [0.1, 0.15) is 36.2 Å². The van der Waals surface area contributed by atoms with Gasteiger partial charge < -0.3 is 15.6 Å². The van der Waals surface area contributed by atoms with Gasteiger partial charge >= 0.3 is 0 Å². The molecule has 1 aliphatic heterocycles. The van der Waals surface area contributed by atoms with Crippen LogP contribution in [0.25, 0.3) is 11.6 Å². The van der Waals surface area contributed by atoms with Gasteiger partial charge in [0, 0.05) is 11.0 Å². The number of carbonyl (C=O) groups is 1. The van der Waals surface area contributed by atoms with Crippen molar-refractivity contribution in [1.82, 2.24) is 14.8 Å². The van der Waals surface area contributed by atoms with Crippen LogP contribution >= 0.6 is 0 Å². The minimum absolute atomic E-state index is 0.142. The lowest BCUT2D eigenvalue weighted by Gasteiger charge is -2.24. The van der Waals surface area contributed by atoms with Crippen LogP contribution in [0.5, 0.6) is 0 Å². The molecule has 2 aromatic rings. The summed E-state index contributed by atoms with van der Waals surface area (Å²) in [6.07, 6.45) is 4.76. The summed E-state index contributed by atoms with van der Waals surface area (Å²) < 4.78 is 7.38. The van der Waals surface area contributed by atoms with Gasteiger partial charge in [0.25, 0.3) is 0 Å². The number of amides is 1. The van der Waals surface area contributed by atoms with Crippen molar-refractivity contribution in [2.24, 2.45) is 11.1 Å². The Labute approximate surface area is 144 Å². The summed E-state index contributed by atoms with van der Waals surface area (Å²) in [5.41, 5.74) is 7.41. The molecular weight excluding hydrogens is 320 g/mol. The van der Waals surface area contributed by atoms with E-state index in [0.717, 1.165) is 21.6 Å². The number of nitrogens with zero attached hydrogens (tertiary/aromatic N) is 3. The highest BCUT2D eigenvalue weighted by Gasteiger charge is 2.46. The average molecular weight is 340 g/mol. The lowest BCUT2D eigenvalue weighted by molar-refractivity contribution is -0.125. The number of ether oxygens (including phenoxy) is 1. The van der Waals surface area contributed by atoms with Gasteiger partial charge in [-0.2, -0.15) is 5.10 Å². The number of hydrogen-bond acceptors (Lipinski definition) is 5. The van der Waals surface area contributed by atoms with E-state index in [2.05, 4.69) is 10.1 Å². The Hall–Kier alpha value is -2.51. The first kappa shape index (κ1) is 16.0. The smallest absolute Gasteiger partial charge is 0.249 e. The van der Waals surface area contributed by atoms with Gasteiger partial charge in [0.05, 0.1) is 12.6 Å². The Morgan fingerprint density at radius 2 is 2.28 bits per heavy atom. The molecule has 2 heterocycles. The summed E-state index contributed by atoms with van der Waals surface area (Å²) in [6.45, 7) is 4.34. The van der Waals surface area contributed by atoms with Crippen molar-refractivity contribution < 1.29 is 14.6 Å². The van der Waals surface area contributed by atoms with Gasteiger partial charge in [0.1, 0.15) is 12.7 Å². The van der Waals surface area contributed by atoms with Crippen LogP contribution in [-0.4, -0.2) is 38.2 Å². The normalized spacial score (nSPS) is 23.7. The summed E-state index contributed by atoms with van der Waals surface area (Å²) in [6, 6.07) is 3.80. The minimum atomic E-state index is -0.846. The number of aliphatic hydroxyl groups excluding tert-OH is 1. The molecule has 0 spiro atoms. The molecule has 7 nitrogen and oxygen atoms in total. The second kappa shape index (κ2) is 5.50. The van der Waals surface area contributed by atoms with Gasteiger partial charge in [-0.25, -0.2) is 9.67 Å². The molecule has 1 aliphatic carbocycles. The predicted octanol–water partition coefficient (Wildman–Crippen LogP) is -0.496. The van der Waals surface area contributed by atoms with Crippen molar-refractivity contribution in [3.8, 4) is 0 Å². The molecule has 2 aliphatic rings. The number of carbonyl (C=O) groups excluding carboxylic acids is 1. The average Bonchev–Trinajstić information content (AvgIpc) is 3.13. The number of nitrogens with two attached hydrogens (primary N) is 1. The molecule has 7 heteroatoms. The number of rotatable bonds is 3. The van der Waals surface area contributed by atoms with Crippen LogP contribution in [0.15, 0.2) is 24.8 Å². The first-order valence-electron chi connectivity index (χ1n) is 8.21. The van der Waals surface area contributed by atoms with E-state index in [1.807, 2.05) is 32.1 Å². The largest absolute Gasteiger partial charge is 0.367 e. The Kier molecular flexibility index (Phi) is 3.52. The molecule has 1 aromatic heterocycles. The standard InChI is InChI=1S/C18H20N4O3/c1-18(2)15-12-6-11(7-22-9-20-8-21-22)13(16(19)23)5-10(12)3-4-14(15)25-17(18)24/h3,5-6,8-9,14,17,24H,4,7H2,1-2H3,(H2,19,23). The van der Waals surface area contributed by atoms with Gasteiger partial charge in [0.15, 0.2) is 6.29 Å². The highest BCUT2D eigenvalue weighted by molar-refractivity contribution is 5.94. The molecular formula is C18H20N4O3. The van der Waals surface area contributed by atoms with Crippen molar-refractivity contribution in [2.45, 2.75) is 39.2 Å². The molecule has 0 bridgehead atoms. The summed E-state index contributed by atoms with van der Waals surface area (Å²) in [4.78, 5) is 15.9. The molecule has 1 amide bonds. The van der Waals surface area contributed by atoms with Gasteiger partial charge in [-0.3, -0.25) is 4.79 Å². The number of primary amides is 1. The maximum Gasteiger partial charge on any atom is 0.249 e. The van der Waals surface area contributed by atoms with Crippen LogP contribution in [0, 0.1) is 5.41 Å². The Morgan fingerprint density at radius 1 is 1.48 bits per heavy atom. The topological polar surface area (TPSA) is 103 Å². The molecule has 130 valence electrons. The SMILES string of the molecule is CC1(C)C2=c3cc(Cn4cncn4)c(C(N)=O)cc3=CCC2OC1O. The van der Waals surface area contributed by atoms with Crippen LogP contribution in [0.4, 0.5) is 0 Å². The Balaban J connectivity index is 1.97. The molecule has 2 unspecified atom stereocenters. The van der Waals surface area contributed by atoms with E-state index >= 15 is 0 Å². The monoisotopic (exact) mass is 340 g/mol. The second-order valence-electron chi connectivity index (χ2n) is 7.11. The highest BCUT2D eigenvalue weighted by Crippen LogP contribution is 2.43. The molecule has 25 heavy (non-hydrogen) atoms. The summed E-state index contributed by atoms with van der Waals surface area (Å²) in [5, 5.41) is 16.3. The molecule has 2 atom stereocenters. The molecule has 0 saturated carbocycles. The molecule has 0 radical (unpaired) electrons. The van der Waals surface area contributed by atoms with Crippen molar-refractivity contribution >= 4 is 17.6 Å². The van der Waals surface area contributed by atoms with E-state index in [1.165, 1.54) is 6.33 Å². The lowest BCUT2D eigenvalue weighted by atomic mass is 9.78. The maximum atomic E-state index is 11.9.